The average Bonchev–Trinajstić information content (AvgIpc) is 3.24. The maximum atomic E-state index is 2.44. The second-order valence-electron chi connectivity index (χ2n) is 8.71. The number of rotatable bonds is 16. The number of unbranched alkanes of at least 4 members (excludes halogenated alkanes) is 12. The fraction of sp³-hybridized carbons (Fsp3) is 0.840. The zero-order valence-electron chi connectivity index (χ0n) is 17.2. The fourth-order valence-electron chi connectivity index (χ4n) is 4.78. The molecule has 0 aromatic heterocycles. The quantitative estimate of drug-likeness (QED) is 0.194. The lowest BCUT2D eigenvalue weighted by Crippen LogP contribution is -1.94. The predicted octanol–water partition coefficient (Wildman–Crippen LogP) is 8.91. The van der Waals surface area contributed by atoms with Gasteiger partial charge in [-0.1, -0.05) is 88.0 Å². The Balaban J connectivity index is 1.28. The Hall–Kier alpha value is -0.520. The molecule has 0 amide bonds. The Labute approximate surface area is 158 Å². The molecule has 144 valence electrons. The molecule has 25 heavy (non-hydrogen) atoms. The lowest BCUT2D eigenvalue weighted by molar-refractivity contribution is 0.541. The van der Waals surface area contributed by atoms with Crippen molar-refractivity contribution in [2.75, 3.05) is 0 Å². The van der Waals surface area contributed by atoms with Gasteiger partial charge in [0.25, 0.3) is 0 Å². The van der Waals surface area contributed by atoms with Crippen molar-refractivity contribution in [3.63, 3.8) is 0 Å². The normalized spacial score (nSPS) is 19.6. The van der Waals surface area contributed by atoms with Gasteiger partial charge in [-0.15, -0.1) is 0 Å². The fourth-order valence-corrected chi connectivity index (χ4v) is 4.78. The summed E-state index contributed by atoms with van der Waals surface area (Å²) in [7, 11) is 0. The van der Waals surface area contributed by atoms with Gasteiger partial charge in [0.2, 0.25) is 0 Å². The molecular weight excluding hydrogens is 300 g/mol. The van der Waals surface area contributed by atoms with Crippen LogP contribution in [0.5, 0.6) is 0 Å². The van der Waals surface area contributed by atoms with Gasteiger partial charge in [-0.25, -0.2) is 0 Å². The second kappa shape index (κ2) is 13.7. The van der Waals surface area contributed by atoms with Crippen LogP contribution in [0.25, 0.3) is 0 Å². The molecule has 1 unspecified atom stereocenters. The molecule has 0 heterocycles. The first-order chi connectivity index (χ1) is 12.4. The molecule has 2 rings (SSSR count). The van der Waals surface area contributed by atoms with Gasteiger partial charge >= 0.3 is 0 Å². The summed E-state index contributed by atoms with van der Waals surface area (Å²) in [6, 6.07) is 0. The molecule has 1 fully saturated rings. The molecule has 0 saturated heterocycles. The van der Waals surface area contributed by atoms with E-state index < -0.39 is 0 Å². The maximum absolute atomic E-state index is 2.44. The van der Waals surface area contributed by atoms with Crippen LogP contribution >= 0.6 is 0 Å². The number of allylic oxidation sites excluding steroid dienone is 4. The van der Waals surface area contributed by atoms with Gasteiger partial charge in [-0.05, 0) is 70.1 Å². The summed E-state index contributed by atoms with van der Waals surface area (Å²) in [6.45, 7) is 2.29. The number of hydrogen-bond acceptors (Lipinski definition) is 0. The summed E-state index contributed by atoms with van der Waals surface area (Å²) in [6.07, 6.45) is 32.1. The predicted molar refractivity (Wildman–Crippen MR) is 113 cm³/mol. The lowest BCUT2D eigenvalue weighted by atomic mass is 9.95. The first kappa shape index (κ1) is 20.8. The minimum Gasteiger partial charge on any atom is -0.0885 e. The lowest BCUT2D eigenvalue weighted by Gasteiger charge is -2.11. The van der Waals surface area contributed by atoms with Gasteiger partial charge in [-0.3, -0.25) is 0 Å². The van der Waals surface area contributed by atoms with Crippen LogP contribution in [0.15, 0.2) is 23.3 Å². The highest BCUT2D eigenvalue weighted by molar-refractivity contribution is 5.25. The van der Waals surface area contributed by atoms with Crippen LogP contribution in [-0.2, 0) is 0 Å². The van der Waals surface area contributed by atoms with Crippen LogP contribution in [0.1, 0.15) is 129 Å². The summed E-state index contributed by atoms with van der Waals surface area (Å²) >= 11 is 0. The Morgan fingerprint density at radius 2 is 1.32 bits per heavy atom. The first-order valence-corrected chi connectivity index (χ1v) is 11.7. The Morgan fingerprint density at radius 1 is 0.720 bits per heavy atom. The van der Waals surface area contributed by atoms with E-state index in [1.165, 1.54) is 122 Å². The van der Waals surface area contributed by atoms with Crippen molar-refractivity contribution in [1.82, 2.24) is 0 Å². The summed E-state index contributed by atoms with van der Waals surface area (Å²) < 4.78 is 0. The van der Waals surface area contributed by atoms with Gasteiger partial charge < -0.3 is 0 Å². The topological polar surface area (TPSA) is 0 Å². The van der Waals surface area contributed by atoms with E-state index in [1.807, 2.05) is 11.1 Å². The molecule has 2 aliphatic rings. The summed E-state index contributed by atoms with van der Waals surface area (Å²) in [5.41, 5.74) is 3.75. The van der Waals surface area contributed by atoms with Crippen LogP contribution in [0.3, 0.4) is 0 Å². The van der Waals surface area contributed by atoms with E-state index in [0.717, 1.165) is 5.92 Å². The Morgan fingerprint density at radius 3 is 1.88 bits per heavy atom. The highest BCUT2D eigenvalue weighted by Crippen LogP contribution is 2.45. The molecule has 2 aliphatic carbocycles. The monoisotopic (exact) mass is 344 g/mol. The van der Waals surface area contributed by atoms with Gasteiger partial charge in [0.05, 0.1) is 0 Å². The van der Waals surface area contributed by atoms with E-state index >= 15 is 0 Å². The van der Waals surface area contributed by atoms with Gasteiger partial charge in [0.15, 0.2) is 0 Å². The van der Waals surface area contributed by atoms with Crippen molar-refractivity contribution >= 4 is 0 Å². The molecule has 2 bridgehead atoms. The molecule has 0 N–H and O–H groups in total. The van der Waals surface area contributed by atoms with E-state index in [-0.39, 0.29) is 0 Å². The van der Waals surface area contributed by atoms with Crippen LogP contribution < -0.4 is 0 Å². The smallest absolute Gasteiger partial charge is 0.0286 e. The molecule has 0 aromatic rings. The van der Waals surface area contributed by atoms with Crippen LogP contribution in [-0.4, -0.2) is 0 Å². The second-order valence-corrected chi connectivity index (χ2v) is 8.71. The molecule has 1 atom stereocenters. The van der Waals surface area contributed by atoms with Crippen molar-refractivity contribution in [3.8, 4) is 0 Å². The van der Waals surface area contributed by atoms with Crippen molar-refractivity contribution < 1.29 is 0 Å². The third-order valence-corrected chi connectivity index (χ3v) is 6.41. The van der Waals surface area contributed by atoms with E-state index in [0.29, 0.717) is 0 Å². The SMILES string of the molecule is CCCCCCCC/C=C\CCCCCCCCC1=C2CCC(C1)C2. The van der Waals surface area contributed by atoms with Crippen molar-refractivity contribution in [3.05, 3.63) is 23.3 Å². The summed E-state index contributed by atoms with van der Waals surface area (Å²) in [4.78, 5) is 0. The van der Waals surface area contributed by atoms with E-state index in [4.69, 9.17) is 0 Å². The van der Waals surface area contributed by atoms with Crippen LogP contribution in [0.4, 0.5) is 0 Å². The van der Waals surface area contributed by atoms with Gasteiger partial charge in [0.1, 0.15) is 0 Å². The van der Waals surface area contributed by atoms with Crippen molar-refractivity contribution in [2.45, 2.75) is 129 Å². The summed E-state index contributed by atoms with van der Waals surface area (Å²) in [5.74, 6) is 1.07. The van der Waals surface area contributed by atoms with Crippen molar-refractivity contribution in [2.24, 2.45) is 5.92 Å². The molecule has 0 nitrogen and oxygen atoms in total. The van der Waals surface area contributed by atoms with E-state index in [1.54, 1.807) is 0 Å². The molecule has 0 radical (unpaired) electrons. The molecular formula is C25H44. The third kappa shape index (κ3) is 9.11. The molecule has 0 aromatic carbocycles. The maximum Gasteiger partial charge on any atom is -0.0286 e. The minimum absolute atomic E-state index is 1.07. The van der Waals surface area contributed by atoms with Crippen LogP contribution in [0, 0.1) is 5.92 Å². The number of hydrogen-bond donors (Lipinski definition) is 0. The number of fused-ring (bicyclic) bond motifs is 2. The largest absolute Gasteiger partial charge is 0.0885 e. The molecule has 0 spiro atoms. The zero-order valence-corrected chi connectivity index (χ0v) is 17.2. The first-order valence-electron chi connectivity index (χ1n) is 11.7. The van der Waals surface area contributed by atoms with E-state index in [2.05, 4.69) is 19.1 Å². The highest BCUT2D eigenvalue weighted by Gasteiger charge is 2.29. The average molecular weight is 345 g/mol. The highest BCUT2D eigenvalue weighted by atomic mass is 14.3. The van der Waals surface area contributed by atoms with Gasteiger partial charge in [0, 0.05) is 0 Å². The standard InChI is InChI=1S/C25H44/c1-2-3-4-5-6-7-8-9-10-11-12-13-14-15-16-17-18-24-21-23-19-20-25(24)22-23/h9-10,23H,2-8,11-22H2,1H3/b10-9-. The van der Waals surface area contributed by atoms with E-state index in [9.17, 15) is 0 Å². The van der Waals surface area contributed by atoms with Crippen molar-refractivity contribution in [1.29, 1.82) is 0 Å². The Bertz CT molecular complexity index is 387. The molecule has 1 saturated carbocycles. The van der Waals surface area contributed by atoms with Crippen LogP contribution in [0.2, 0.25) is 0 Å². The summed E-state index contributed by atoms with van der Waals surface area (Å²) in [5, 5.41) is 0. The molecule has 0 heteroatoms. The van der Waals surface area contributed by atoms with Gasteiger partial charge in [-0.2, -0.15) is 0 Å². The third-order valence-electron chi connectivity index (χ3n) is 6.41. The zero-order chi connectivity index (χ0) is 17.6. The molecule has 0 aliphatic heterocycles. The minimum atomic E-state index is 1.07. The Kier molecular flexibility index (Phi) is 11.4.